The third-order valence-electron chi connectivity index (χ3n) is 4.03. The van der Waals surface area contributed by atoms with Gasteiger partial charge in [0, 0.05) is 5.69 Å². The van der Waals surface area contributed by atoms with Crippen molar-refractivity contribution >= 4 is 11.6 Å². The first-order chi connectivity index (χ1) is 10.0. The van der Waals surface area contributed by atoms with Gasteiger partial charge in [0.25, 0.3) is 0 Å². The van der Waals surface area contributed by atoms with Gasteiger partial charge in [-0.05, 0) is 43.7 Å². The SMILES string of the molecule is Cc1ccc(N2C(N)=NCC2(C)c2cccc(O)c2)cc1. The van der Waals surface area contributed by atoms with E-state index in [-0.39, 0.29) is 5.75 Å². The smallest absolute Gasteiger partial charge is 0.196 e. The van der Waals surface area contributed by atoms with Crippen LogP contribution in [0.25, 0.3) is 0 Å². The second-order valence-electron chi connectivity index (χ2n) is 5.67. The molecule has 2 aromatic rings. The molecular weight excluding hydrogens is 262 g/mol. The number of benzene rings is 2. The minimum atomic E-state index is -0.391. The van der Waals surface area contributed by atoms with Gasteiger partial charge in [-0.3, -0.25) is 4.99 Å². The second kappa shape index (κ2) is 4.81. The molecule has 4 nitrogen and oxygen atoms in total. The molecule has 1 aliphatic heterocycles. The number of phenolic OH excluding ortho intramolecular Hbond substituents is 1. The van der Waals surface area contributed by atoms with Gasteiger partial charge in [-0.2, -0.15) is 0 Å². The maximum absolute atomic E-state index is 9.76. The maximum Gasteiger partial charge on any atom is 0.196 e. The molecule has 3 N–H and O–H groups in total. The van der Waals surface area contributed by atoms with Crippen molar-refractivity contribution in [2.24, 2.45) is 10.7 Å². The molecule has 1 atom stereocenters. The highest BCUT2D eigenvalue weighted by molar-refractivity contribution is 5.98. The van der Waals surface area contributed by atoms with Crippen LogP contribution >= 0.6 is 0 Å². The first-order valence-electron chi connectivity index (χ1n) is 6.97. The van der Waals surface area contributed by atoms with Crippen LogP contribution in [0.5, 0.6) is 5.75 Å². The molecule has 1 aliphatic rings. The average molecular weight is 281 g/mol. The minimum Gasteiger partial charge on any atom is -0.508 e. The van der Waals surface area contributed by atoms with E-state index in [9.17, 15) is 5.11 Å². The lowest BCUT2D eigenvalue weighted by Gasteiger charge is -2.36. The molecule has 4 heteroatoms. The van der Waals surface area contributed by atoms with Gasteiger partial charge in [0.1, 0.15) is 5.75 Å². The molecule has 1 unspecified atom stereocenters. The second-order valence-corrected chi connectivity index (χ2v) is 5.67. The summed E-state index contributed by atoms with van der Waals surface area (Å²) in [6.07, 6.45) is 0. The summed E-state index contributed by atoms with van der Waals surface area (Å²) in [5.74, 6) is 0.757. The molecular formula is C17H19N3O. The normalized spacial score (nSPS) is 21.4. The summed E-state index contributed by atoms with van der Waals surface area (Å²) in [6.45, 7) is 4.71. The third-order valence-corrected chi connectivity index (χ3v) is 4.03. The Balaban J connectivity index is 2.07. The lowest BCUT2D eigenvalue weighted by atomic mass is 9.90. The fraction of sp³-hybridized carbons (Fsp3) is 0.235. The van der Waals surface area contributed by atoms with Gasteiger partial charge in [0.15, 0.2) is 5.96 Å². The van der Waals surface area contributed by atoms with Crippen LogP contribution in [-0.4, -0.2) is 17.6 Å². The molecule has 0 bridgehead atoms. The van der Waals surface area contributed by atoms with Crippen molar-refractivity contribution in [2.45, 2.75) is 19.4 Å². The third kappa shape index (κ3) is 2.23. The molecule has 2 aromatic carbocycles. The number of aryl methyl sites for hydroxylation is 1. The molecule has 0 radical (unpaired) electrons. The van der Waals surface area contributed by atoms with Gasteiger partial charge in [0.05, 0.1) is 12.1 Å². The van der Waals surface area contributed by atoms with Gasteiger partial charge < -0.3 is 15.7 Å². The fourth-order valence-corrected chi connectivity index (χ4v) is 2.80. The van der Waals surface area contributed by atoms with Crippen LogP contribution in [0.1, 0.15) is 18.1 Å². The molecule has 21 heavy (non-hydrogen) atoms. The molecule has 0 spiro atoms. The maximum atomic E-state index is 9.76. The van der Waals surface area contributed by atoms with Crippen LogP contribution in [0.3, 0.4) is 0 Å². The van der Waals surface area contributed by atoms with Gasteiger partial charge in [-0.25, -0.2) is 0 Å². The largest absolute Gasteiger partial charge is 0.508 e. The summed E-state index contributed by atoms with van der Waals surface area (Å²) in [7, 11) is 0. The average Bonchev–Trinajstić information content (AvgIpc) is 2.77. The van der Waals surface area contributed by atoms with E-state index in [1.807, 2.05) is 29.2 Å². The highest BCUT2D eigenvalue weighted by atomic mass is 16.3. The Morgan fingerprint density at radius 2 is 1.90 bits per heavy atom. The Morgan fingerprint density at radius 1 is 1.19 bits per heavy atom. The van der Waals surface area contributed by atoms with Crippen LogP contribution in [-0.2, 0) is 5.54 Å². The summed E-state index contributed by atoms with van der Waals surface area (Å²) in [5.41, 5.74) is 8.92. The molecule has 0 aromatic heterocycles. The standard InChI is InChI=1S/C17H19N3O/c1-12-6-8-14(9-7-12)20-16(18)19-11-17(20,2)13-4-3-5-15(21)10-13/h3-10,21H,11H2,1-2H3,(H2,18,19). The lowest BCUT2D eigenvalue weighted by Crippen LogP contribution is -2.47. The van der Waals surface area contributed by atoms with Crippen molar-refractivity contribution in [3.05, 3.63) is 59.7 Å². The summed E-state index contributed by atoms with van der Waals surface area (Å²) in [5, 5.41) is 9.76. The highest BCUT2D eigenvalue weighted by Gasteiger charge is 2.40. The number of nitrogens with two attached hydrogens (primary N) is 1. The van der Waals surface area contributed by atoms with Crippen LogP contribution in [0.2, 0.25) is 0 Å². The van der Waals surface area contributed by atoms with Crippen molar-refractivity contribution < 1.29 is 5.11 Å². The summed E-state index contributed by atoms with van der Waals surface area (Å²) in [4.78, 5) is 6.44. The predicted molar refractivity (Wildman–Crippen MR) is 85.6 cm³/mol. The van der Waals surface area contributed by atoms with Gasteiger partial charge in [0.2, 0.25) is 0 Å². The molecule has 0 aliphatic carbocycles. The molecule has 0 saturated carbocycles. The topological polar surface area (TPSA) is 61.8 Å². The number of aromatic hydroxyl groups is 1. The number of aliphatic imine (C=N–C) groups is 1. The predicted octanol–water partition coefficient (Wildman–Crippen LogP) is 2.75. The number of hydrogen-bond donors (Lipinski definition) is 2. The lowest BCUT2D eigenvalue weighted by molar-refractivity contribution is 0.468. The fourth-order valence-electron chi connectivity index (χ4n) is 2.80. The number of hydrogen-bond acceptors (Lipinski definition) is 4. The molecule has 0 fully saturated rings. The first kappa shape index (κ1) is 13.5. The number of phenols is 1. The Kier molecular flexibility index (Phi) is 3.09. The van der Waals surface area contributed by atoms with Crippen LogP contribution < -0.4 is 10.6 Å². The van der Waals surface area contributed by atoms with E-state index >= 15 is 0 Å². The van der Waals surface area contributed by atoms with Crippen molar-refractivity contribution in [2.75, 3.05) is 11.4 Å². The van der Waals surface area contributed by atoms with E-state index < -0.39 is 5.54 Å². The molecule has 0 saturated heterocycles. The Hall–Kier alpha value is -2.49. The van der Waals surface area contributed by atoms with E-state index in [1.54, 1.807) is 12.1 Å². The van der Waals surface area contributed by atoms with Crippen LogP contribution in [0.15, 0.2) is 53.5 Å². The number of nitrogens with zero attached hydrogens (tertiary/aromatic N) is 2. The van der Waals surface area contributed by atoms with Crippen LogP contribution in [0.4, 0.5) is 5.69 Å². The quantitative estimate of drug-likeness (QED) is 0.889. The molecule has 3 rings (SSSR count). The summed E-state index contributed by atoms with van der Waals surface area (Å²) >= 11 is 0. The Morgan fingerprint density at radius 3 is 2.57 bits per heavy atom. The zero-order valence-corrected chi connectivity index (χ0v) is 12.2. The van der Waals surface area contributed by atoms with E-state index in [0.717, 1.165) is 11.3 Å². The van der Waals surface area contributed by atoms with Crippen molar-refractivity contribution in [1.29, 1.82) is 0 Å². The summed E-state index contributed by atoms with van der Waals surface area (Å²) in [6, 6.07) is 15.5. The number of guanidine groups is 1. The van der Waals surface area contributed by atoms with Crippen molar-refractivity contribution in [3.8, 4) is 5.75 Å². The zero-order chi connectivity index (χ0) is 15.0. The zero-order valence-electron chi connectivity index (χ0n) is 12.2. The number of rotatable bonds is 2. The molecule has 108 valence electrons. The van der Waals surface area contributed by atoms with E-state index in [2.05, 4.69) is 31.0 Å². The highest BCUT2D eigenvalue weighted by Crippen LogP contribution is 2.37. The molecule has 1 heterocycles. The number of anilines is 1. The van der Waals surface area contributed by atoms with Crippen molar-refractivity contribution in [3.63, 3.8) is 0 Å². The Bertz CT molecular complexity index is 693. The van der Waals surface area contributed by atoms with E-state index in [4.69, 9.17) is 5.73 Å². The van der Waals surface area contributed by atoms with Gasteiger partial charge >= 0.3 is 0 Å². The minimum absolute atomic E-state index is 0.253. The van der Waals surface area contributed by atoms with Gasteiger partial charge in [-0.15, -0.1) is 0 Å². The summed E-state index contributed by atoms with van der Waals surface area (Å²) < 4.78 is 0. The van der Waals surface area contributed by atoms with E-state index in [1.165, 1.54) is 5.56 Å². The molecule has 0 amide bonds. The van der Waals surface area contributed by atoms with Crippen molar-refractivity contribution in [1.82, 2.24) is 0 Å². The Labute approximate surface area is 124 Å². The van der Waals surface area contributed by atoms with E-state index in [0.29, 0.717) is 12.5 Å². The van der Waals surface area contributed by atoms with Crippen LogP contribution in [0, 0.1) is 6.92 Å². The monoisotopic (exact) mass is 281 g/mol. The van der Waals surface area contributed by atoms with Gasteiger partial charge in [-0.1, -0.05) is 29.8 Å². The first-order valence-corrected chi connectivity index (χ1v) is 6.97.